The first-order valence-electron chi connectivity index (χ1n) is 2.08. The Hall–Kier alpha value is -0.150. The van der Waals surface area contributed by atoms with E-state index in [1.54, 1.807) is 0 Å². The summed E-state index contributed by atoms with van der Waals surface area (Å²) in [4.78, 5) is 0. The summed E-state index contributed by atoms with van der Waals surface area (Å²) in [5.41, 5.74) is 1.11. The molecule has 0 saturated heterocycles. The van der Waals surface area contributed by atoms with Gasteiger partial charge in [-0.1, -0.05) is 5.57 Å². The third kappa shape index (κ3) is 1.85. The lowest BCUT2D eigenvalue weighted by Gasteiger charge is -1.71. The fourth-order valence-electron chi connectivity index (χ4n) is 0.333. The second-order valence-electron chi connectivity index (χ2n) is 1.55. The van der Waals surface area contributed by atoms with E-state index < -0.39 is 11.1 Å². The zero-order valence-corrected chi connectivity index (χ0v) is 4.57. The minimum atomic E-state index is -1.70. The predicted molar refractivity (Wildman–Crippen MR) is 28.1 cm³/mol. The van der Waals surface area contributed by atoms with Gasteiger partial charge in [-0.3, -0.25) is 0 Å². The Bertz CT molecular complexity index is 122. The van der Waals surface area contributed by atoms with Gasteiger partial charge in [0.15, 0.2) is 11.1 Å². The summed E-state index contributed by atoms with van der Waals surface area (Å²) in [6.07, 6.45) is 2.04. The van der Waals surface area contributed by atoms with Crippen LogP contribution in [0.25, 0.3) is 0 Å². The van der Waals surface area contributed by atoms with Crippen LogP contribution in [0, 0.1) is 0 Å². The molecule has 1 fully saturated rings. The van der Waals surface area contributed by atoms with E-state index in [2.05, 4.69) is 0 Å². The maximum absolute atomic E-state index is 9.88. The average Bonchev–Trinajstić information content (AvgIpc) is 2.17. The Morgan fingerprint density at radius 1 is 1.71 bits per heavy atom. The molecular formula is C4H6O2S. The largest absolute Gasteiger partial charge is 0.303 e. The summed E-state index contributed by atoms with van der Waals surface area (Å²) in [5, 5.41) is 1.39. The summed E-state index contributed by atoms with van der Waals surface area (Å²) in [6, 6.07) is 0. The molecule has 40 valence electrons. The average molecular weight is 118 g/mol. The smallest absolute Gasteiger partial charge is 0.178 e. The first-order valence-corrected chi connectivity index (χ1v) is 3.25. The van der Waals surface area contributed by atoms with Crippen LogP contribution in [0.3, 0.4) is 0 Å². The number of rotatable bonds is 1. The fraction of sp³-hybridized carbons (Fsp3) is 0.500. The van der Waals surface area contributed by atoms with Crippen LogP contribution < -0.4 is 0 Å². The van der Waals surface area contributed by atoms with Gasteiger partial charge in [0.05, 0.1) is 0 Å². The van der Waals surface area contributed by atoms with E-state index >= 15 is 0 Å². The van der Waals surface area contributed by atoms with E-state index in [1.165, 1.54) is 5.41 Å². The molecule has 0 aromatic heterocycles. The normalized spacial score (nSPS) is 21.6. The molecule has 1 unspecified atom stereocenters. The molecule has 0 bridgehead atoms. The van der Waals surface area contributed by atoms with Gasteiger partial charge in [-0.2, -0.15) is 0 Å². The summed E-state index contributed by atoms with van der Waals surface area (Å²) in [5.74, 6) is 0. The molecular weight excluding hydrogens is 112 g/mol. The number of allylic oxidation sites excluding steroid dienone is 1. The van der Waals surface area contributed by atoms with Gasteiger partial charge < -0.3 is 4.55 Å². The molecule has 1 atom stereocenters. The molecule has 0 aromatic carbocycles. The van der Waals surface area contributed by atoms with Crippen molar-refractivity contribution in [2.45, 2.75) is 12.8 Å². The van der Waals surface area contributed by atoms with Crippen LogP contribution >= 0.6 is 0 Å². The van der Waals surface area contributed by atoms with Gasteiger partial charge in [0, 0.05) is 5.41 Å². The molecule has 3 heteroatoms. The zero-order chi connectivity index (χ0) is 5.28. The molecule has 0 amide bonds. The molecule has 2 nitrogen and oxygen atoms in total. The second-order valence-corrected chi connectivity index (χ2v) is 2.34. The van der Waals surface area contributed by atoms with Crippen LogP contribution in [0.1, 0.15) is 12.8 Å². The third-order valence-corrected chi connectivity index (χ3v) is 1.34. The Morgan fingerprint density at radius 3 is 2.43 bits per heavy atom. The standard InChI is InChI=1S/C4H6O2S/c5-7(6)3-4-1-2-4/h3H,1-2H2,(H,5,6). The van der Waals surface area contributed by atoms with Crippen molar-refractivity contribution >= 4 is 11.1 Å². The molecule has 7 heavy (non-hydrogen) atoms. The van der Waals surface area contributed by atoms with Gasteiger partial charge in [0.1, 0.15) is 0 Å². The maximum atomic E-state index is 9.88. The first-order chi connectivity index (χ1) is 3.29. The number of hydrogen-bond donors (Lipinski definition) is 1. The lowest BCUT2D eigenvalue weighted by molar-refractivity contribution is 0.574. The molecule has 0 spiro atoms. The van der Waals surface area contributed by atoms with Crippen molar-refractivity contribution in [1.82, 2.24) is 0 Å². The van der Waals surface area contributed by atoms with Crippen LogP contribution in [0.4, 0.5) is 0 Å². The molecule has 1 saturated carbocycles. The summed E-state index contributed by atoms with van der Waals surface area (Å²) >= 11 is -1.70. The lowest BCUT2D eigenvalue weighted by Crippen LogP contribution is -1.73. The van der Waals surface area contributed by atoms with E-state index in [0.29, 0.717) is 0 Å². The van der Waals surface area contributed by atoms with Crippen LogP contribution in [0.2, 0.25) is 0 Å². The van der Waals surface area contributed by atoms with Crippen molar-refractivity contribution in [1.29, 1.82) is 0 Å². The van der Waals surface area contributed by atoms with E-state index in [9.17, 15) is 4.21 Å². The van der Waals surface area contributed by atoms with Crippen LogP contribution in [-0.2, 0) is 11.1 Å². The van der Waals surface area contributed by atoms with Gasteiger partial charge in [-0.25, -0.2) is 4.21 Å². The Morgan fingerprint density at radius 2 is 2.29 bits per heavy atom. The van der Waals surface area contributed by atoms with Crippen molar-refractivity contribution in [3.8, 4) is 0 Å². The van der Waals surface area contributed by atoms with E-state index in [-0.39, 0.29) is 0 Å². The predicted octanol–water partition coefficient (Wildman–Crippen LogP) is 0.886. The molecule has 1 aliphatic carbocycles. The van der Waals surface area contributed by atoms with Gasteiger partial charge in [0.25, 0.3) is 0 Å². The number of hydrogen-bond acceptors (Lipinski definition) is 1. The van der Waals surface area contributed by atoms with Crippen molar-refractivity contribution in [3.05, 3.63) is 11.0 Å². The van der Waals surface area contributed by atoms with E-state index in [0.717, 1.165) is 18.4 Å². The summed E-state index contributed by atoms with van der Waals surface area (Å²) < 4.78 is 18.0. The van der Waals surface area contributed by atoms with Crippen molar-refractivity contribution in [2.75, 3.05) is 0 Å². The quantitative estimate of drug-likeness (QED) is 0.519. The molecule has 0 aliphatic heterocycles. The van der Waals surface area contributed by atoms with Gasteiger partial charge in [0.2, 0.25) is 0 Å². The topological polar surface area (TPSA) is 37.3 Å². The Balaban J connectivity index is 2.45. The molecule has 0 aromatic rings. The highest BCUT2D eigenvalue weighted by molar-refractivity contribution is 7.82. The molecule has 0 radical (unpaired) electrons. The summed E-state index contributed by atoms with van der Waals surface area (Å²) in [7, 11) is 0. The van der Waals surface area contributed by atoms with Crippen molar-refractivity contribution < 1.29 is 8.76 Å². The minimum Gasteiger partial charge on any atom is -0.303 e. The van der Waals surface area contributed by atoms with Crippen LogP contribution in [0.15, 0.2) is 11.0 Å². The second kappa shape index (κ2) is 1.76. The zero-order valence-electron chi connectivity index (χ0n) is 3.76. The van der Waals surface area contributed by atoms with E-state index in [4.69, 9.17) is 4.55 Å². The van der Waals surface area contributed by atoms with Crippen LogP contribution in [0.5, 0.6) is 0 Å². The lowest BCUT2D eigenvalue weighted by atomic mass is 10.7. The fourth-order valence-corrected chi connectivity index (χ4v) is 0.853. The Labute approximate surface area is 44.5 Å². The first kappa shape index (κ1) is 5.00. The van der Waals surface area contributed by atoms with Gasteiger partial charge >= 0.3 is 0 Å². The molecule has 1 N–H and O–H groups in total. The minimum absolute atomic E-state index is 1.02. The van der Waals surface area contributed by atoms with Crippen molar-refractivity contribution in [3.63, 3.8) is 0 Å². The third-order valence-electron chi connectivity index (χ3n) is 0.806. The molecule has 1 rings (SSSR count). The SMILES string of the molecule is O=S(O)C=C1CC1. The Kier molecular flexibility index (Phi) is 1.25. The highest BCUT2D eigenvalue weighted by Gasteiger charge is 2.10. The van der Waals surface area contributed by atoms with Gasteiger partial charge in [-0.15, -0.1) is 0 Å². The highest BCUT2D eigenvalue weighted by atomic mass is 32.2. The highest BCUT2D eigenvalue weighted by Crippen LogP contribution is 2.27. The van der Waals surface area contributed by atoms with Crippen molar-refractivity contribution in [2.24, 2.45) is 0 Å². The van der Waals surface area contributed by atoms with Gasteiger partial charge in [-0.05, 0) is 12.8 Å². The van der Waals surface area contributed by atoms with E-state index in [1.807, 2.05) is 0 Å². The monoisotopic (exact) mass is 118 g/mol. The molecule has 0 heterocycles. The van der Waals surface area contributed by atoms with Crippen LogP contribution in [-0.4, -0.2) is 8.76 Å². The maximum Gasteiger partial charge on any atom is 0.178 e. The summed E-state index contributed by atoms with van der Waals surface area (Å²) in [6.45, 7) is 0. The molecule has 1 aliphatic rings.